The summed E-state index contributed by atoms with van der Waals surface area (Å²) in [6.45, 7) is 3.07. The summed E-state index contributed by atoms with van der Waals surface area (Å²) >= 11 is 0. The Morgan fingerprint density at radius 1 is 1.17 bits per heavy atom. The largest absolute Gasteiger partial charge is 0.417 e. The molecule has 0 aliphatic carbocycles. The third-order valence-corrected chi connectivity index (χ3v) is 4.30. The van der Waals surface area contributed by atoms with Crippen LogP contribution in [0.25, 0.3) is 5.82 Å². The van der Waals surface area contributed by atoms with Crippen molar-refractivity contribution in [1.82, 2.24) is 14.8 Å². The zero-order valence-electron chi connectivity index (χ0n) is 15.2. The molecular weight excluding hydrogens is 391 g/mol. The summed E-state index contributed by atoms with van der Waals surface area (Å²) in [7, 11) is 0. The van der Waals surface area contributed by atoms with Gasteiger partial charge >= 0.3 is 6.18 Å². The van der Waals surface area contributed by atoms with Gasteiger partial charge in [0.1, 0.15) is 0 Å². The molecule has 2 heterocycles. The van der Waals surface area contributed by atoms with E-state index in [1.807, 2.05) is 0 Å². The fourth-order valence-electron chi connectivity index (χ4n) is 2.69. The molecule has 1 aromatic carbocycles. The van der Waals surface area contributed by atoms with Crippen LogP contribution in [0, 0.1) is 24.0 Å². The minimum Gasteiger partial charge on any atom is -0.321 e. The van der Waals surface area contributed by atoms with Crippen LogP contribution in [0.2, 0.25) is 0 Å². The average Bonchev–Trinajstić information content (AvgIpc) is 3.04. The molecule has 0 aliphatic rings. The van der Waals surface area contributed by atoms with E-state index < -0.39 is 22.6 Å². The number of hydrogen-bond acceptors (Lipinski definition) is 5. The van der Waals surface area contributed by atoms with Crippen LogP contribution in [-0.2, 0) is 6.18 Å². The lowest BCUT2D eigenvalue weighted by molar-refractivity contribution is -0.385. The maximum absolute atomic E-state index is 12.7. The Balaban J connectivity index is 1.87. The Morgan fingerprint density at radius 2 is 1.90 bits per heavy atom. The molecular formula is C18H14F3N5O3. The minimum atomic E-state index is -4.51. The van der Waals surface area contributed by atoms with Crippen molar-refractivity contribution in [3.8, 4) is 5.82 Å². The van der Waals surface area contributed by atoms with Gasteiger partial charge in [-0.3, -0.25) is 14.9 Å². The van der Waals surface area contributed by atoms with E-state index in [-0.39, 0.29) is 22.8 Å². The number of alkyl halides is 3. The summed E-state index contributed by atoms with van der Waals surface area (Å²) in [5.74, 6) is -0.453. The van der Waals surface area contributed by atoms with E-state index in [9.17, 15) is 28.1 Å². The van der Waals surface area contributed by atoms with E-state index in [0.29, 0.717) is 17.5 Å². The number of rotatable bonds is 4. The minimum absolute atomic E-state index is 0.112. The van der Waals surface area contributed by atoms with E-state index in [0.717, 1.165) is 12.1 Å². The number of nitrogens with zero attached hydrogens (tertiary/aromatic N) is 4. The smallest absolute Gasteiger partial charge is 0.321 e. The number of halogens is 3. The summed E-state index contributed by atoms with van der Waals surface area (Å²) in [5.41, 5.74) is 0.0223. The lowest BCUT2D eigenvalue weighted by Crippen LogP contribution is -2.14. The molecule has 29 heavy (non-hydrogen) atoms. The van der Waals surface area contributed by atoms with Crippen molar-refractivity contribution < 1.29 is 22.9 Å². The highest BCUT2D eigenvalue weighted by atomic mass is 19.4. The number of amides is 1. The molecule has 3 rings (SSSR count). The standard InChI is InChI=1S/C18H14F3N5O3/c1-10-14(4-3-5-15(10)26(28)29)24-17(27)13-9-23-25(11(13)2)16-7-6-12(8-22-16)18(19,20)21/h3-9H,1-2H3,(H,24,27). The first kappa shape index (κ1) is 20.0. The van der Waals surface area contributed by atoms with Gasteiger partial charge in [-0.2, -0.15) is 18.3 Å². The van der Waals surface area contributed by atoms with Gasteiger partial charge in [-0.15, -0.1) is 0 Å². The molecule has 0 saturated heterocycles. The van der Waals surface area contributed by atoms with Crippen molar-refractivity contribution in [3.63, 3.8) is 0 Å². The maximum atomic E-state index is 12.7. The van der Waals surface area contributed by atoms with Gasteiger partial charge in [0.05, 0.1) is 39.2 Å². The van der Waals surface area contributed by atoms with Crippen molar-refractivity contribution in [2.45, 2.75) is 20.0 Å². The number of hydrogen-bond donors (Lipinski definition) is 1. The molecule has 11 heteroatoms. The second kappa shape index (κ2) is 7.34. The van der Waals surface area contributed by atoms with Crippen molar-refractivity contribution >= 4 is 17.3 Å². The molecule has 0 radical (unpaired) electrons. The van der Waals surface area contributed by atoms with Gasteiger partial charge in [-0.05, 0) is 32.0 Å². The molecule has 0 bridgehead atoms. The number of aromatic nitrogens is 3. The fourth-order valence-corrected chi connectivity index (χ4v) is 2.69. The molecule has 2 aromatic heterocycles. The van der Waals surface area contributed by atoms with E-state index >= 15 is 0 Å². The van der Waals surface area contributed by atoms with Crippen LogP contribution < -0.4 is 5.32 Å². The predicted octanol–water partition coefficient (Wildman–Crippen LogP) is 4.06. The number of pyridine rings is 1. The predicted molar refractivity (Wildman–Crippen MR) is 96.9 cm³/mol. The summed E-state index contributed by atoms with van der Waals surface area (Å²) in [5, 5.41) is 17.6. The molecule has 0 unspecified atom stereocenters. The summed E-state index contributed by atoms with van der Waals surface area (Å²) in [4.78, 5) is 26.8. The summed E-state index contributed by atoms with van der Waals surface area (Å²) in [6.07, 6.45) is -2.58. The molecule has 0 saturated carbocycles. The first-order chi connectivity index (χ1) is 13.6. The van der Waals surface area contributed by atoms with Crippen molar-refractivity contribution in [2.75, 3.05) is 5.32 Å². The van der Waals surface area contributed by atoms with Gasteiger partial charge in [0.25, 0.3) is 11.6 Å². The molecule has 3 aromatic rings. The van der Waals surface area contributed by atoms with Crippen molar-refractivity contribution in [1.29, 1.82) is 0 Å². The van der Waals surface area contributed by atoms with Gasteiger partial charge < -0.3 is 5.32 Å². The Hall–Kier alpha value is -3.76. The Morgan fingerprint density at radius 3 is 2.48 bits per heavy atom. The number of carbonyl (C=O) groups is 1. The van der Waals surface area contributed by atoms with Gasteiger partial charge in [0, 0.05) is 12.3 Å². The van der Waals surface area contributed by atoms with E-state index in [1.54, 1.807) is 6.92 Å². The molecule has 0 spiro atoms. The van der Waals surface area contributed by atoms with Crippen LogP contribution in [0.15, 0.2) is 42.7 Å². The number of anilines is 1. The Bertz CT molecular complexity index is 1090. The number of nitro benzene ring substituents is 1. The lowest BCUT2D eigenvalue weighted by atomic mass is 10.1. The maximum Gasteiger partial charge on any atom is 0.417 e. The third-order valence-electron chi connectivity index (χ3n) is 4.30. The number of nitro groups is 1. The van der Waals surface area contributed by atoms with Crippen molar-refractivity contribution in [3.05, 3.63) is 75.2 Å². The quantitative estimate of drug-likeness (QED) is 0.521. The zero-order chi connectivity index (χ0) is 21.3. The Kier molecular flexibility index (Phi) is 5.06. The van der Waals surface area contributed by atoms with Crippen molar-refractivity contribution in [2.24, 2.45) is 0 Å². The number of nitrogens with one attached hydrogen (secondary N) is 1. The lowest BCUT2D eigenvalue weighted by Gasteiger charge is -2.09. The third kappa shape index (κ3) is 3.93. The monoisotopic (exact) mass is 405 g/mol. The average molecular weight is 405 g/mol. The molecule has 150 valence electrons. The molecule has 0 fully saturated rings. The van der Waals surface area contributed by atoms with Crippen LogP contribution in [0.5, 0.6) is 0 Å². The first-order valence-corrected chi connectivity index (χ1v) is 8.23. The summed E-state index contributed by atoms with van der Waals surface area (Å²) in [6, 6.07) is 6.32. The van der Waals surface area contributed by atoms with Gasteiger partial charge in [-0.25, -0.2) is 9.67 Å². The summed E-state index contributed by atoms with van der Waals surface area (Å²) < 4.78 is 39.2. The highest BCUT2D eigenvalue weighted by molar-refractivity contribution is 6.05. The van der Waals surface area contributed by atoms with Crippen LogP contribution >= 0.6 is 0 Å². The molecule has 0 aliphatic heterocycles. The van der Waals surface area contributed by atoms with Gasteiger partial charge in [0.2, 0.25) is 0 Å². The van der Waals surface area contributed by atoms with Gasteiger partial charge in [-0.1, -0.05) is 6.07 Å². The number of benzene rings is 1. The molecule has 0 atom stereocenters. The van der Waals surface area contributed by atoms with Gasteiger partial charge in [0.15, 0.2) is 5.82 Å². The Labute approximate surface area is 162 Å². The van der Waals surface area contributed by atoms with Crippen LogP contribution in [0.1, 0.15) is 27.2 Å². The highest BCUT2D eigenvalue weighted by Gasteiger charge is 2.31. The fraction of sp³-hybridized carbons (Fsp3) is 0.167. The highest BCUT2D eigenvalue weighted by Crippen LogP contribution is 2.29. The molecule has 1 amide bonds. The SMILES string of the molecule is Cc1c(NC(=O)c2cnn(-c3ccc(C(F)(F)F)cn3)c2C)cccc1[N+](=O)[O-]. The molecule has 8 nitrogen and oxygen atoms in total. The van der Waals surface area contributed by atoms with Crippen LogP contribution in [0.4, 0.5) is 24.5 Å². The topological polar surface area (TPSA) is 103 Å². The number of carbonyl (C=O) groups excluding carboxylic acids is 1. The van der Waals surface area contributed by atoms with E-state index in [2.05, 4.69) is 15.4 Å². The first-order valence-electron chi connectivity index (χ1n) is 8.23. The second-order valence-electron chi connectivity index (χ2n) is 6.12. The van der Waals surface area contributed by atoms with E-state index in [1.165, 1.54) is 36.0 Å². The van der Waals surface area contributed by atoms with E-state index in [4.69, 9.17) is 0 Å². The zero-order valence-corrected chi connectivity index (χ0v) is 15.2. The van der Waals surface area contributed by atoms with Crippen LogP contribution in [0.3, 0.4) is 0 Å². The normalized spacial score (nSPS) is 11.3. The molecule has 1 N–H and O–H groups in total. The van der Waals surface area contributed by atoms with Crippen LogP contribution in [-0.4, -0.2) is 25.6 Å². The second-order valence-corrected chi connectivity index (χ2v) is 6.12.